The van der Waals surface area contributed by atoms with Crippen LogP contribution in [0.15, 0.2) is 28.7 Å². The van der Waals surface area contributed by atoms with Gasteiger partial charge >= 0.3 is 0 Å². The highest BCUT2D eigenvalue weighted by molar-refractivity contribution is 9.10. The summed E-state index contributed by atoms with van der Waals surface area (Å²) in [7, 11) is 0. The second kappa shape index (κ2) is 6.23. The predicted octanol–water partition coefficient (Wildman–Crippen LogP) is 3.43. The Morgan fingerprint density at radius 1 is 1.41 bits per heavy atom. The molecule has 0 saturated carbocycles. The number of hydrogen-bond donors (Lipinski definition) is 1. The molecule has 0 aromatic heterocycles. The molecule has 1 N–H and O–H groups in total. The maximum atomic E-state index is 11.9. The molecule has 1 aromatic carbocycles. The minimum Gasteiger partial charge on any atom is -0.598 e. The summed E-state index contributed by atoms with van der Waals surface area (Å²) in [5, 5.41) is 0. The van der Waals surface area contributed by atoms with Crippen LogP contribution in [0, 0.1) is 0 Å². The zero-order chi connectivity index (χ0) is 13.1. The van der Waals surface area contributed by atoms with Gasteiger partial charge in [-0.3, -0.25) is 0 Å². The van der Waals surface area contributed by atoms with Crippen LogP contribution in [0.1, 0.15) is 33.3 Å². The third-order valence-electron chi connectivity index (χ3n) is 2.30. The molecule has 96 valence electrons. The number of nitrogens with one attached hydrogen (secondary N) is 1. The Morgan fingerprint density at radius 3 is 2.59 bits per heavy atom. The molecule has 0 bridgehead atoms. The van der Waals surface area contributed by atoms with Gasteiger partial charge in [0, 0.05) is 15.8 Å². The molecule has 0 aliphatic heterocycles. The van der Waals surface area contributed by atoms with Crippen LogP contribution in [-0.4, -0.2) is 15.3 Å². The van der Waals surface area contributed by atoms with E-state index >= 15 is 0 Å². The zero-order valence-electron chi connectivity index (χ0n) is 10.8. The predicted molar refractivity (Wildman–Crippen MR) is 78.3 cm³/mol. The van der Waals surface area contributed by atoms with E-state index in [1.807, 2.05) is 32.9 Å². The van der Waals surface area contributed by atoms with Gasteiger partial charge in [0.1, 0.15) is 4.75 Å². The van der Waals surface area contributed by atoms with Crippen molar-refractivity contribution in [3.8, 4) is 0 Å². The number of benzene rings is 1. The molecule has 0 radical (unpaired) electrons. The summed E-state index contributed by atoms with van der Waals surface area (Å²) in [5.74, 6) is 0. The van der Waals surface area contributed by atoms with Crippen LogP contribution < -0.4 is 4.72 Å². The molecule has 0 spiro atoms. The molecule has 0 heterocycles. The number of halogens is 1. The molecule has 2 atom stereocenters. The van der Waals surface area contributed by atoms with Gasteiger partial charge < -0.3 is 4.55 Å². The second-order valence-electron chi connectivity index (χ2n) is 5.23. The number of rotatable bonds is 4. The highest BCUT2D eigenvalue weighted by Crippen LogP contribution is 2.16. The SMILES string of the molecule is CC(Cc1cccc(Br)c1)N[S+]([O-])C(C)(C)C. The summed E-state index contributed by atoms with van der Waals surface area (Å²) in [6.07, 6.45) is 0.876. The van der Waals surface area contributed by atoms with Crippen molar-refractivity contribution in [2.45, 2.75) is 44.9 Å². The van der Waals surface area contributed by atoms with E-state index in [4.69, 9.17) is 0 Å². The maximum absolute atomic E-state index is 11.9. The molecule has 0 saturated heterocycles. The van der Waals surface area contributed by atoms with Gasteiger partial charge in [0.2, 0.25) is 0 Å². The van der Waals surface area contributed by atoms with Crippen LogP contribution in [0.3, 0.4) is 0 Å². The average Bonchev–Trinajstić information content (AvgIpc) is 2.15. The van der Waals surface area contributed by atoms with E-state index in [1.165, 1.54) is 5.56 Å². The Balaban J connectivity index is 2.53. The van der Waals surface area contributed by atoms with Gasteiger partial charge in [-0.1, -0.05) is 28.1 Å². The lowest BCUT2D eigenvalue weighted by Crippen LogP contribution is -2.44. The summed E-state index contributed by atoms with van der Waals surface area (Å²) in [6, 6.07) is 8.41. The van der Waals surface area contributed by atoms with Crippen molar-refractivity contribution in [1.82, 2.24) is 4.72 Å². The Labute approximate surface area is 116 Å². The monoisotopic (exact) mass is 317 g/mol. The first kappa shape index (κ1) is 15.0. The fourth-order valence-corrected chi connectivity index (χ4v) is 2.67. The highest BCUT2D eigenvalue weighted by atomic mass is 79.9. The summed E-state index contributed by atoms with van der Waals surface area (Å²) >= 11 is 2.45. The normalized spacial score (nSPS) is 15.6. The van der Waals surface area contributed by atoms with Crippen molar-refractivity contribution in [1.29, 1.82) is 0 Å². The molecular weight excluding hydrogens is 298 g/mol. The molecule has 4 heteroatoms. The van der Waals surface area contributed by atoms with Gasteiger partial charge in [-0.2, -0.15) is 0 Å². The molecule has 2 unspecified atom stereocenters. The van der Waals surface area contributed by atoms with Crippen LogP contribution in [-0.2, 0) is 17.8 Å². The van der Waals surface area contributed by atoms with Crippen molar-refractivity contribution in [3.63, 3.8) is 0 Å². The lowest BCUT2D eigenvalue weighted by molar-refractivity contribution is 0.526. The van der Waals surface area contributed by atoms with Gasteiger partial charge in [-0.05, 0) is 51.8 Å². The molecule has 0 aliphatic carbocycles. The second-order valence-corrected chi connectivity index (χ2v) is 8.15. The van der Waals surface area contributed by atoms with E-state index in [-0.39, 0.29) is 10.8 Å². The molecule has 1 aromatic rings. The molecule has 17 heavy (non-hydrogen) atoms. The smallest absolute Gasteiger partial charge is 0.136 e. The van der Waals surface area contributed by atoms with Crippen LogP contribution in [0.5, 0.6) is 0 Å². The van der Waals surface area contributed by atoms with E-state index < -0.39 is 11.4 Å². The van der Waals surface area contributed by atoms with Crippen molar-refractivity contribution >= 4 is 27.3 Å². The fraction of sp³-hybridized carbons (Fsp3) is 0.538. The summed E-state index contributed by atoms with van der Waals surface area (Å²) in [5.41, 5.74) is 1.24. The van der Waals surface area contributed by atoms with Crippen molar-refractivity contribution in [2.24, 2.45) is 0 Å². The Hall–Kier alpha value is -0.0300. The van der Waals surface area contributed by atoms with E-state index in [9.17, 15) is 4.55 Å². The summed E-state index contributed by atoms with van der Waals surface area (Å²) < 4.78 is 15.9. The van der Waals surface area contributed by atoms with Gasteiger partial charge in [-0.25, -0.2) is 0 Å². The molecule has 0 fully saturated rings. The van der Waals surface area contributed by atoms with E-state index in [2.05, 4.69) is 39.7 Å². The Bertz CT molecular complexity index is 365. The first-order chi connectivity index (χ1) is 7.79. The van der Waals surface area contributed by atoms with E-state index in [1.54, 1.807) is 0 Å². The van der Waals surface area contributed by atoms with Gasteiger partial charge in [0.15, 0.2) is 0 Å². The zero-order valence-corrected chi connectivity index (χ0v) is 13.2. The van der Waals surface area contributed by atoms with Crippen LogP contribution >= 0.6 is 15.9 Å². The minimum absolute atomic E-state index is 0.198. The highest BCUT2D eigenvalue weighted by Gasteiger charge is 2.27. The molecule has 2 nitrogen and oxygen atoms in total. The molecule has 0 aliphatic rings. The first-order valence-electron chi connectivity index (χ1n) is 5.71. The largest absolute Gasteiger partial charge is 0.598 e. The molecule has 0 amide bonds. The quantitative estimate of drug-likeness (QED) is 0.863. The van der Waals surface area contributed by atoms with Crippen molar-refractivity contribution < 1.29 is 4.55 Å². The number of hydrogen-bond acceptors (Lipinski definition) is 2. The van der Waals surface area contributed by atoms with Crippen LogP contribution in [0.25, 0.3) is 0 Å². The summed E-state index contributed by atoms with van der Waals surface area (Å²) in [6.45, 7) is 7.98. The lowest BCUT2D eigenvalue weighted by atomic mass is 10.1. The van der Waals surface area contributed by atoms with Gasteiger partial charge in [-0.15, -0.1) is 4.72 Å². The third-order valence-corrected chi connectivity index (χ3v) is 4.52. The van der Waals surface area contributed by atoms with Gasteiger partial charge in [0.05, 0.1) is 6.04 Å². The third kappa shape index (κ3) is 5.42. The minimum atomic E-state index is -1.01. The molecular formula is C13H20BrNOS. The van der Waals surface area contributed by atoms with Crippen LogP contribution in [0.4, 0.5) is 0 Å². The first-order valence-corrected chi connectivity index (χ1v) is 7.66. The van der Waals surface area contributed by atoms with Crippen LogP contribution in [0.2, 0.25) is 0 Å². The maximum Gasteiger partial charge on any atom is 0.136 e. The molecule has 1 rings (SSSR count). The topological polar surface area (TPSA) is 35.1 Å². The van der Waals surface area contributed by atoms with E-state index in [0.717, 1.165) is 10.9 Å². The lowest BCUT2D eigenvalue weighted by Gasteiger charge is -2.26. The Morgan fingerprint density at radius 2 is 2.06 bits per heavy atom. The standard InChI is InChI=1S/C13H20BrNOS/c1-10(15-17(16)13(2,3)4)8-11-6-5-7-12(14)9-11/h5-7,9-10,15H,8H2,1-4H3. The van der Waals surface area contributed by atoms with Crippen molar-refractivity contribution in [3.05, 3.63) is 34.3 Å². The van der Waals surface area contributed by atoms with Crippen molar-refractivity contribution in [2.75, 3.05) is 0 Å². The average molecular weight is 318 g/mol. The fourth-order valence-electron chi connectivity index (χ4n) is 1.42. The Kier molecular flexibility index (Phi) is 5.51. The van der Waals surface area contributed by atoms with Gasteiger partial charge in [0.25, 0.3) is 0 Å². The summed E-state index contributed by atoms with van der Waals surface area (Å²) in [4.78, 5) is 0. The van der Waals surface area contributed by atoms with E-state index in [0.29, 0.717) is 0 Å².